The molecule has 0 saturated carbocycles. The van der Waals surface area contributed by atoms with Crippen LogP contribution in [-0.2, 0) is 21.7 Å². The minimum absolute atomic E-state index is 0.0173. The molecule has 0 saturated heterocycles. The van der Waals surface area contributed by atoms with Gasteiger partial charge < -0.3 is 0 Å². The molecule has 0 nitrogen and oxygen atoms in total. The molecule has 0 aliphatic heterocycles. The van der Waals surface area contributed by atoms with E-state index in [2.05, 4.69) is 211 Å². The summed E-state index contributed by atoms with van der Waals surface area (Å²) in [6.07, 6.45) is 0. The van der Waals surface area contributed by atoms with Gasteiger partial charge in [-0.3, -0.25) is 0 Å². The molecule has 0 radical (unpaired) electrons. The minimum Gasteiger partial charge on any atom is -0.0616 e. The van der Waals surface area contributed by atoms with Gasteiger partial charge in [0.05, 0.1) is 0 Å². The predicted molar refractivity (Wildman–Crippen MR) is 263 cm³/mol. The van der Waals surface area contributed by atoms with Gasteiger partial charge in [-0.05, 0) is 209 Å². The number of hydrogen-bond donors (Lipinski definition) is 0. The van der Waals surface area contributed by atoms with Crippen LogP contribution in [0.1, 0.15) is 150 Å². The van der Waals surface area contributed by atoms with Crippen molar-refractivity contribution < 1.29 is 0 Å². The molecular formula is C60H72. The van der Waals surface area contributed by atoms with E-state index in [1.807, 2.05) is 0 Å². The number of rotatable bonds is 4. The Labute approximate surface area is 363 Å². The summed E-state index contributed by atoms with van der Waals surface area (Å²) in [6.45, 7) is 47.2. The Hall–Kier alpha value is -4.68. The van der Waals surface area contributed by atoms with Crippen LogP contribution in [-0.4, -0.2) is 0 Å². The van der Waals surface area contributed by atoms with Crippen molar-refractivity contribution in [2.45, 2.75) is 160 Å². The van der Waals surface area contributed by atoms with Crippen molar-refractivity contribution in [3.8, 4) is 44.5 Å². The lowest BCUT2D eigenvalue weighted by atomic mass is 9.71. The zero-order valence-electron chi connectivity index (χ0n) is 40.9. The van der Waals surface area contributed by atoms with Gasteiger partial charge in [-0.25, -0.2) is 0 Å². The topological polar surface area (TPSA) is 0 Å². The first kappa shape index (κ1) is 43.4. The number of benzene rings is 6. The Morgan fingerprint density at radius 3 is 0.717 bits per heavy atom. The summed E-state index contributed by atoms with van der Waals surface area (Å²) in [5.74, 6) is 0. The molecule has 0 heterocycles. The SMILES string of the molecule is Cc1cc(C(C)(C)C)cc(-c2c(-c3cc(C(C)(C)C)cc(C)c3C)c(-c3cc(C(C)(C)C)cc(C)c3C)c3c(c2-c2cc(C(C)(C)C)cc(C)c2C)=c2ccccc2=3)c1C. The summed E-state index contributed by atoms with van der Waals surface area (Å²) in [6, 6.07) is 29.3. The lowest BCUT2D eigenvalue weighted by Gasteiger charge is -2.32. The molecule has 0 unspecified atom stereocenters. The van der Waals surface area contributed by atoms with Crippen LogP contribution in [0.3, 0.4) is 0 Å². The van der Waals surface area contributed by atoms with Crippen molar-refractivity contribution in [3.63, 3.8) is 0 Å². The van der Waals surface area contributed by atoms with Crippen molar-refractivity contribution in [2.75, 3.05) is 0 Å². The molecule has 312 valence electrons. The Morgan fingerprint density at radius 1 is 0.283 bits per heavy atom. The maximum absolute atomic E-state index is 2.57. The normalized spacial score (nSPS) is 13.0. The van der Waals surface area contributed by atoms with E-state index in [-0.39, 0.29) is 21.7 Å². The number of fused-ring (bicyclic) bond motifs is 2. The van der Waals surface area contributed by atoms with Crippen molar-refractivity contribution in [3.05, 3.63) is 160 Å². The van der Waals surface area contributed by atoms with Gasteiger partial charge in [0.15, 0.2) is 0 Å². The van der Waals surface area contributed by atoms with Crippen molar-refractivity contribution in [1.29, 1.82) is 0 Å². The molecule has 1 aliphatic carbocycles. The highest BCUT2D eigenvalue weighted by Crippen LogP contribution is 2.54. The van der Waals surface area contributed by atoms with Gasteiger partial charge in [0.1, 0.15) is 0 Å². The van der Waals surface area contributed by atoms with E-state index in [1.54, 1.807) is 0 Å². The highest BCUT2D eigenvalue weighted by atomic mass is 14.4. The fourth-order valence-electron chi connectivity index (χ4n) is 9.43. The van der Waals surface area contributed by atoms with Crippen molar-refractivity contribution >= 4 is 0 Å². The third-order valence-electron chi connectivity index (χ3n) is 14.2. The molecule has 0 amide bonds. The van der Waals surface area contributed by atoms with Crippen LogP contribution >= 0.6 is 0 Å². The van der Waals surface area contributed by atoms with Crippen molar-refractivity contribution in [1.82, 2.24) is 0 Å². The fourth-order valence-corrected chi connectivity index (χ4v) is 9.43. The lowest BCUT2D eigenvalue weighted by Crippen LogP contribution is -2.15. The third-order valence-corrected chi connectivity index (χ3v) is 14.2. The molecule has 0 bridgehead atoms. The second-order valence-corrected chi connectivity index (χ2v) is 22.7. The summed E-state index contributed by atoms with van der Waals surface area (Å²) in [5.41, 5.74) is 27.1. The molecule has 0 N–H and O–H groups in total. The second kappa shape index (κ2) is 14.5. The minimum atomic E-state index is -0.0329. The van der Waals surface area contributed by atoms with E-state index < -0.39 is 0 Å². The van der Waals surface area contributed by atoms with Gasteiger partial charge in [0.25, 0.3) is 0 Å². The Kier molecular flexibility index (Phi) is 10.5. The predicted octanol–water partition coefficient (Wildman–Crippen LogP) is 16.9. The monoisotopic (exact) mass is 793 g/mol. The summed E-state index contributed by atoms with van der Waals surface area (Å²) in [4.78, 5) is 0. The van der Waals surface area contributed by atoms with Crippen LogP contribution in [0.5, 0.6) is 0 Å². The highest BCUT2D eigenvalue weighted by Gasteiger charge is 2.32. The van der Waals surface area contributed by atoms with E-state index in [9.17, 15) is 0 Å². The standard InChI is InChI=1S/C60H72/c1-33-25-41(57(9,10)11)29-47(37(33)5)53-51-45-23-21-22-24-46(45)52(51)54(48-30-42(58(12,13)14)26-34(2)38(48)6)56(50-32-44(60(18,19)20)28-36(4)40(50)8)55(53)49-31-43(59(15,16)17)27-35(3)39(49)7/h21-32H,1-20H3. The molecule has 7 rings (SSSR count). The van der Waals surface area contributed by atoms with E-state index in [0.29, 0.717) is 0 Å². The van der Waals surface area contributed by atoms with Crippen LogP contribution in [0.2, 0.25) is 0 Å². The zero-order valence-corrected chi connectivity index (χ0v) is 40.9. The molecule has 1 aliphatic rings. The van der Waals surface area contributed by atoms with Gasteiger partial charge in [0.2, 0.25) is 0 Å². The largest absolute Gasteiger partial charge is 0.0616 e. The quantitative estimate of drug-likeness (QED) is 0.167. The first-order valence-corrected chi connectivity index (χ1v) is 22.4. The van der Waals surface area contributed by atoms with Gasteiger partial charge >= 0.3 is 0 Å². The van der Waals surface area contributed by atoms with Crippen LogP contribution in [0.4, 0.5) is 0 Å². The van der Waals surface area contributed by atoms with Crippen LogP contribution in [0, 0.1) is 76.3 Å². The average molecular weight is 793 g/mol. The van der Waals surface area contributed by atoms with E-state index in [4.69, 9.17) is 0 Å². The number of aryl methyl sites for hydroxylation is 4. The Balaban J connectivity index is 1.94. The highest BCUT2D eigenvalue weighted by molar-refractivity contribution is 6.05. The van der Waals surface area contributed by atoms with Crippen LogP contribution in [0.25, 0.3) is 44.5 Å². The third kappa shape index (κ3) is 7.21. The van der Waals surface area contributed by atoms with E-state index in [0.717, 1.165) is 0 Å². The maximum atomic E-state index is 2.57. The molecule has 6 aromatic rings. The Bertz CT molecular complexity index is 2750. The molecule has 60 heavy (non-hydrogen) atoms. The molecule has 0 heteroatoms. The molecule has 0 aromatic heterocycles. The van der Waals surface area contributed by atoms with Gasteiger partial charge in [-0.2, -0.15) is 0 Å². The lowest BCUT2D eigenvalue weighted by molar-refractivity contribution is 0.589. The first-order valence-electron chi connectivity index (χ1n) is 22.4. The summed E-state index contributed by atoms with van der Waals surface area (Å²) in [5, 5.41) is 5.50. The zero-order chi connectivity index (χ0) is 44.3. The maximum Gasteiger partial charge on any atom is -0.000730 e. The van der Waals surface area contributed by atoms with Crippen LogP contribution in [0.15, 0.2) is 72.8 Å². The van der Waals surface area contributed by atoms with Gasteiger partial charge in [-0.1, -0.05) is 156 Å². The Morgan fingerprint density at radius 2 is 0.500 bits per heavy atom. The molecule has 6 aromatic carbocycles. The van der Waals surface area contributed by atoms with Crippen molar-refractivity contribution in [2.24, 2.45) is 0 Å². The molecular weight excluding hydrogens is 721 g/mol. The molecule has 0 fully saturated rings. The van der Waals surface area contributed by atoms with Gasteiger partial charge in [0, 0.05) is 0 Å². The average Bonchev–Trinajstić information content (AvgIpc) is 3.12. The number of hydrogen-bond acceptors (Lipinski definition) is 0. The second-order valence-electron chi connectivity index (χ2n) is 22.7. The molecule has 0 atom stereocenters. The fraction of sp³-hybridized carbons (Fsp3) is 0.400. The van der Waals surface area contributed by atoms with E-state index in [1.165, 1.54) is 132 Å². The summed E-state index contributed by atoms with van der Waals surface area (Å²) < 4.78 is 0. The smallest absolute Gasteiger partial charge is 0.000730 e. The first-order chi connectivity index (χ1) is 27.6. The summed E-state index contributed by atoms with van der Waals surface area (Å²) in [7, 11) is 0. The summed E-state index contributed by atoms with van der Waals surface area (Å²) >= 11 is 0. The van der Waals surface area contributed by atoms with Gasteiger partial charge in [-0.15, -0.1) is 0 Å². The molecule has 0 spiro atoms. The van der Waals surface area contributed by atoms with E-state index >= 15 is 0 Å². The van der Waals surface area contributed by atoms with Crippen LogP contribution < -0.4 is 0 Å².